The highest BCUT2D eigenvalue weighted by Crippen LogP contribution is 2.25. The third-order valence-corrected chi connectivity index (χ3v) is 3.19. The van der Waals surface area contributed by atoms with E-state index in [1.165, 1.54) is 5.56 Å². The number of fused-ring (bicyclic) bond motifs is 1. The number of nitrogens with one attached hydrogen (secondary N) is 1. The molecule has 3 rings (SSSR count). The second kappa shape index (κ2) is 4.18. The van der Waals surface area contributed by atoms with Crippen LogP contribution in [0.5, 0.6) is 0 Å². The van der Waals surface area contributed by atoms with Gasteiger partial charge in [0.2, 0.25) is 0 Å². The highest BCUT2D eigenvalue weighted by molar-refractivity contribution is 5.86. The average molecular weight is 243 g/mol. The number of aromatic nitrogens is 2. The molecular weight excluding hydrogens is 230 g/mol. The van der Waals surface area contributed by atoms with E-state index >= 15 is 0 Å². The molecule has 18 heavy (non-hydrogen) atoms. The van der Waals surface area contributed by atoms with Crippen LogP contribution in [0.25, 0.3) is 0 Å². The first-order valence-electron chi connectivity index (χ1n) is 5.84. The van der Waals surface area contributed by atoms with Gasteiger partial charge < -0.3 is 10.4 Å². The van der Waals surface area contributed by atoms with Crippen molar-refractivity contribution in [3.63, 3.8) is 0 Å². The smallest absolute Gasteiger partial charge is 0.356 e. The summed E-state index contributed by atoms with van der Waals surface area (Å²) in [6, 6.07) is 11.7. The van der Waals surface area contributed by atoms with Crippen molar-refractivity contribution in [2.75, 3.05) is 11.9 Å². The first-order chi connectivity index (χ1) is 8.74. The zero-order valence-corrected chi connectivity index (χ0v) is 9.71. The van der Waals surface area contributed by atoms with E-state index < -0.39 is 5.97 Å². The standard InChI is InChI=1S/C13H13N3O2/c17-13(18)11-6-12-14-7-10(8-16(12)15-11)9-4-2-1-3-5-9/h1-6,10,14H,7-8H2,(H,17,18). The van der Waals surface area contributed by atoms with Crippen molar-refractivity contribution in [1.82, 2.24) is 9.78 Å². The van der Waals surface area contributed by atoms with E-state index in [2.05, 4.69) is 22.5 Å². The number of rotatable bonds is 2. The molecule has 5 nitrogen and oxygen atoms in total. The van der Waals surface area contributed by atoms with E-state index in [-0.39, 0.29) is 5.69 Å². The van der Waals surface area contributed by atoms with Gasteiger partial charge in [-0.15, -0.1) is 0 Å². The van der Waals surface area contributed by atoms with Gasteiger partial charge >= 0.3 is 5.97 Å². The molecule has 1 aromatic heterocycles. The zero-order valence-electron chi connectivity index (χ0n) is 9.71. The van der Waals surface area contributed by atoms with Crippen LogP contribution in [0.15, 0.2) is 36.4 Å². The predicted octanol–water partition coefficient (Wildman–Crippen LogP) is 1.79. The molecule has 1 aliphatic rings. The molecule has 0 radical (unpaired) electrons. The van der Waals surface area contributed by atoms with Crippen LogP contribution in [-0.4, -0.2) is 27.4 Å². The normalized spacial score (nSPS) is 17.9. The van der Waals surface area contributed by atoms with Crippen LogP contribution in [0.1, 0.15) is 22.0 Å². The van der Waals surface area contributed by atoms with E-state index in [1.807, 2.05) is 18.2 Å². The maximum absolute atomic E-state index is 10.9. The summed E-state index contributed by atoms with van der Waals surface area (Å²) < 4.78 is 1.73. The summed E-state index contributed by atoms with van der Waals surface area (Å²) in [5.74, 6) is 0.106. The summed E-state index contributed by atoms with van der Waals surface area (Å²) in [5.41, 5.74) is 1.33. The molecule has 5 heteroatoms. The monoisotopic (exact) mass is 243 g/mol. The van der Waals surface area contributed by atoms with Crippen molar-refractivity contribution >= 4 is 11.8 Å². The molecule has 0 amide bonds. The summed E-state index contributed by atoms with van der Waals surface area (Å²) in [6.45, 7) is 1.51. The number of anilines is 1. The minimum Gasteiger partial charge on any atom is -0.476 e. The Morgan fingerprint density at radius 2 is 2.17 bits per heavy atom. The zero-order chi connectivity index (χ0) is 12.5. The Bertz CT molecular complexity index is 577. The van der Waals surface area contributed by atoms with E-state index in [0.717, 1.165) is 12.4 Å². The Labute approximate surface area is 104 Å². The topological polar surface area (TPSA) is 67.1 Å². The first-order valence-corrected chi connectivity index (χ1v) is 5.84. The van der Waals surface area contributed by atoms with Gasteiger partial charge in [0.05, 0.1) is 6.54 Å². The number of aromatic carboxylic acids is 1. The maximum Gasteiger partial charge on any atom is 0.356 e. The van der Waals surface area contributed by atoms with Gasteiger partial charge in [-0.3, -0.25) is 0 Å². The van der Waals surface area contributed by atoms with Crippen molar-refractivity contribution < 1.29 is 9.90 Å². The maximum atomic E-state index is 10.9. The lowest BCUT2D eigenvalue weighted by atomic mass is 9.98. The summed E-state index contributed by atoms with van der Waals surface area (Å²) in [6.07, 6.45) is 0. The van der Waals surface area contributed by atoms with Crippen molar-refractivity contribution in [3.05, 3.63) is 47.7 Å². The third-order valence-electron chi connectivity index (χ3n) is 3.19. The molecule has 1 atom stereocenters. The molecule has 92 valence electrons. The lowest BCUT2D eigenvalue weighted by Gasteiger charge is -2.25. The predicted molar refractivity (Wildman–Crippen MR) is 66.9 cm³/mol. The van der Waals surface area contributed by atoms with Gasteiger partial charge in [0.1, 0.15) is 5.82 Å². The molecule has 2 heterocycles. The molecule has 0 saturated heterocycles. The third kappa shape index (κ3) is 1.84. The summed E-state index contributed by atoms with van der Waals surface area (Å²) in [4.78, 5) is 10.9. The van der Waals surface area contributed by atoms with Crippen molar-refractivity contribution in [3.8, 4) is 0 Å². The van der Waals surface area contributed by atoms with Crippen molar-refractivity contribution in [2.24, 2.45) is 0 Å². The van der Waals surface area contributed by atoms with Crippen LogP contribution in [0.2, 0.25) is 0 Å². The van der Waals surface area contributed by atoms with E-state index in [9.17, 15) is 4.79 Å². The van der Waals surface area contributed by atoms with E-state index in [4.69, 9.17) is 5.11 Å². The number of hydrogen-bond donors (Lipinski definition) is 2. The fourth-order valence-electron chi connectivity index (χ4n) is 2.25. The Kier molecular flexibility index (Phi) is 2.51. The number of carboxylic acids is 1. The van der Waals surface area contributed by atoms with Gasteiger partial charge in [-0.25, -0.2) is 9.48 Å². The Balaban J connectivity index is 1.87. The van der Waals surface area contributed by atoms with Crippen LogP contribution in [0, 0.1) is 0 Å². The van der Waals surface area contributed by atoms with Crippen LogP contribution in [0.3, 0.4) is 0 Å². The van der Waals surface area contributed by atoms with Crippen LogP contribution in [0.4, 0.5) is 5.82 Å². The number of carbonyl (C=O) groups is 1. The Hall–Kier alpha value is -2.30. The fraction of sp³-hybridized carbons (Fsp3) is 0.231. The number of nitrogens with zero attached hydrogens (tertiary/aromatic N) is 2. The molecule has 1 unspecified atom stereocenters. The van der Waals surface area contributed by atoms with Crippen molar-refractivity contribution in [1.29, 1.82) is 0 Å². The molecule has 2 N–H and O–H groups in total. The highest BCUT2D eigenvalue weighted by atomic mass is 16.4. The minimum absolute atomic E-state index is 0.0891. The van der Waals surface area contributed by atoms with Crippen LogP contribution < -0.4 is 5.32 Å². The molecule has 1 aromatic carbocycles. The molecule has 0 aliphatic carbocycles. The van der Waals surface area contributed by atoms with Gasteiger partial charge in [-0.1, -0.05) is 30.3 Å². The summed E-state index contributed by atoms with van der Waals surface area (Å²) in [7, 11) is 0. The Morgan fingerprint density at radius 1 is 1.39 bits per heavy atom. The largest absolute Gasteiger partial charge is 0.476 e. The second-order valence-electron chi connectivity index (χ2n) is 4.39. The van der Waals surface area contributed by atoms with E-state index in [0.29, 0.717) is 12.5 Å². The molecule has 2 aromatic rings. The average Bonchev–Trinajstić information content (AvgIpc) is 2.82. The minimum atomic E-state index is -0.991. The van der Waals surface area contributed by atoms with Gasteiger partial charge in [0, 0.05) is 18.5 Å². The SMILES string of the molecule is O=C(O)c1cc2n(n1)CC(c1ccccc1)CN2. The van der Waals surface area contributed by atoms with Gasteiger partial charge in [-0.2, -0.15) is 5.10 Å². The quantitative estimate of drug-likeness (QED) is 0.843. The first kappa shape index (κ1) is 10.8. The van der Waals surface area contributed by atoms with Gasteiger partial charge in [0.15, 0.2) is 5.69 Å². The second-order valence-corrected chi connectivity index (χ2v) is 4.39. The molecule has 0 saturated carbocycles. The Morgan fingerprint density at radius 3 is 2.89 bits per heavy atom. The molecule has 0 fully saturated rings. The molecule has 0 bridgehead atoms. The molecule has 1 aliphatic heterocycles. The summed E-state index contributed by atoms with van der Waals surface area (Å²) >= 11 is 0. The lowest BCUT2D eigenvalue weighted by Crippen LogP contribution is -2.26. The van der Waals surface area contributed by atoms with Gasteiger partial charge in [0.25, 0.3) is 0 Å². The van der Waals surface area contributed by atoms with Crippen LogP contribution >= 0.6 is 0 Å². The van der Waals surface area contributed by atoms with Crippen LogP contribution in [-0.2, 0) is 6.54 Å². The molecular formula is C13H13N3O2. The van der Waals surface area contributed by atoms with Gasteiger partial charge in [-0.05, 0) is 5.56 Å². The summed E-state index contributed by atoms with van der Waals surface area (Å²) in [5, 5.41) is 16.2. The van der Waals surface area contributed by atoms with Crippen molar-refractivity contribution in [2.45, 2.75) is 12.5 Å². The lowest BCUT2D eigenvalue weighted by molar-refractivity contribution is 0.0689. The number of carboxylic acid groups (broad SMARTS) is 1. The number of benzene rings is 1. The fourth-order valence-corrected chi connectivity index (χ4v) is 2.25. The molecule has 0 spiro atoms. The highest BCUT2D eigenvalue weighted by Gasteiger charge is 2.22. The van der Waals surface area contributed by atoms with E-state index in [1.54, 1.807) is 10.7 Å². The number of hydrogen-bond acceptors (Lipinski definition) is 3.